The van der Waals surface area contributed by atoms with Crippen LogP contribution in [0.15, 0.2) is 10.5 Å². The molecule has 0 aliphatic heterocycles. The first kappa shape index (κ1) is 11.4. The van der Waals surface area contributed by atoms with E-state index in [1.807, 2.05) is 6.92 Å². The molecule has 1 aromatic carbocycles. The molecule has 0 saturated carbocycles. The fourth-order valence-corrected chi connectivity index (χ4v) is 1.36. The zero-order chi connectivity index (χ0) is 10.7. The highest BCUT2D eigenvalue weighted by Gasteiger charge is 2.15. The van der Waals surface area contributed by atoms with Gasteiger partial charge in [-0.3, -0.25) is 0 Å². The molecule has 0 amide bonds. The molecule has 0 radical (unpaired) electrons. The molecule has 0 heterocycles. The van der Waals surface area contributed by atoms with Crippen molar-refractivity contribution in [3.63, 3.8) is 0 Å². The van der Waals surface area contributed by atoms with E-state index in [4.69, 9.17) is 4.74 Å². The lowest BCUT2D eigenvalue weighted by molar-refractivity contribution is 0.294. The molecule has 0 unspecified atom stereocenters. The van der Waals surface area contributed by atoms with Gasteiger partial charge in [-0.2, -0.15) is 4.39 Å². The van der Waals surface area contributed by atoms with Crippen molar-refractivity contribution in [2.24, 2.45) is 0 Å². The van der Waals surface area contributed by atoms with Crippen molar-refractivity contribution < 1.29 is 13.5 Å². The lowest BCUT2D eigenvalue weighted by atomic mass is 10.2. The fourth-order valence-electron chi connectivity index (χ4n) is 0.981. The molecule has 0 N–H and O–H groups in total. The molecule has 14 heavy (non-hydrogen) atoms. The van der Waals surface area contributed by atoms with Gasteiger partial charge in [0.15, 0.2) is 11.6 Å². The normalized spacial score (nSPS) is 10.4. The first-order valence-electron chi connectivity index (χ1n) is 4.34. The van der Waals surface area contributed by atoms with E-state index in [0.29, 0.717) is 11.1 Å². The van der Waals surface area contributed by atoms with Gasteiger partial charge in [0.2, 0.25) is 5.82 Å². The highest BCUT2D eigenvalue weighted by Crippen LogP contribution is 2.29. The molecule has 1 rings (SSSR count). The molecule has 1 aromatic rings. The molecule has 0 aliphatic rings. The van der Waals surface area contributed by atoms with Gasteiger partial charge in [0.1, 0.15) is 0 Å². The summed E-state index contributed by atoms with van der Waals surface area (Å²) in [6.45, 7) is 3.79. The van der Waals surface area contributed by atoms with E-state index in [9.17, 15) is 8.78 Å². The molecule has 4 heteroatoms. The maximum Gasteiger partial charge on any atom is 0.200 e. The van der Waals surface area contributed by atoms with E-state index in [2.05, 4.69) is 15.9 Å². The maximum atomic E-state index is 13.2. The summed E-state index contributed by atoms with van der Waals surface area (Å²) in [6.07, 6.45) is 0.757. The molecule has 0 bridgehead atoms. The lowest BCUT2D eigenvalue weighted by Crippen LogP contribution is -2.01. The summed E-state index contributed by atoms with van der Waals surface area (Å²) in [4.78, 5) is 0. The van der Waals surface area contributed by atoms with Gasteiger partial charge in [0.05, 0.1) is 6.61 Å². The number of ether oxygens (including phenoxy) is 1. The van der Waals surface area contributed by atoms with Crippen molar-refractivity contribution in [1.82, 2.24) is 0 Å². The van der Waals surface area contributed by atoms with E-state index in [1.54, 1.807) is 0 Å². The van der Waals surface area contributed by atoms with E-state index in [0.717, 1.165) is 6.42 Å². The Morgan fingerprint density at radius 1 is 1.36 bits per heavy atom. The zero-order valence-electron chi connectivity index (χ0n) is 8.03. The number of benzene rings is 1. The average molecular weight is 265 g/mol. The standard InChI is InChI=1S/C10H11BrF2O/c1-3-4-14-8-5-7(11)6(2)9(12)10(8)13/h5H,3-4H2,1-2H3. The Kier molecular flexibility index (Phi) is 3.86. The number of halogens is 3. The second-order valence-corrected chi connectivity index (χ2v) is 3.81. The van der Waals surface area contributed by atoms with Crippen LogP contribution in [0.4, 0.5) is 8.78 Å². The van der Waals surface area contributed by atoms with Crippen LogP contribution in [-0.4, -0.2) is 6.61 Å². The minimum atomic E-state index is -0.917. The van der Waals surface area contributed by atoms with Crippen LogP contribution in [0.5, 0.6) is 5.75 Å². The van der Waals surface area contributed by atoms with Crippen LogP contribution in [0.3, 0.4) is 0 Å². The molecule has 0 fully saturated rings. The third-order valence-electron chi connectivity index (χ3n) is 1.82. The Hall–Kier alpha value is -0.640. The molecular formula is C10H11BrF2O. The first-order valence-corrected chi connectivity index (χ1v) is 5.14. The minimum Gasteiger partial charge on any atom is -0.490 e. The minimum absolute atomic E-state index is 0.0400. The Morgan fingerprint density at radius 2 is 2.00 bits per heavy atom. The summed E-state index contributed by atoms with van der Waals surface area (Å²) in [5.41, 5.74) is 0.256. The molecule has 0 aliphatic carbocycles. The summed E-state index contributed by atoms with van der Waals surface area (Å²) < 4.78 is 32.0. The van der Waals surface area contributed by atoms with Crippen molar-refractivity contribution in [2.75, 3.05) is 6.61 Å². The predicted octanol–water partition coefficient (Wildman–Crippen LogP) is 3.82. The third-order valence-corrected chi connectivity index (χ3v) is 2.64. The molecule has 1 nitrogen and oxygen atoms in total. The summed E-state index contributed by atoms with van der Waals surface area (Å²) in [5.74, 6) is -1.81. The molecular weight excluding hydrogens is 254 g/mol. The van der Waals surface area contributed by atoms with Crippen LogP contribution < -0.4 is 4.74 Å². The van der Waals surface area contributed by atoms with Crippen LogP contribution in [0.1, 0.15) is 18.9 Å². The van der Waals surface area contributed by atoms with Crippen LogP contribution in [0, 0.1) is 18.6 Å². The molecule has 0 atom stereocenters. The molecule has 0 spiro atoms. The molecule has 78 valence electrons. The summed E-state index contributed by atoms with van der Waals surface area (Å²) in [5, 5.41) is 0. The van der Waals surface area contributed by atoms with Crippen molar-refractivity contribution in [3.8, 4) is 5.75 Å². The van der Waals surface area contributed by atoms with Gasteiger partial charge in [-0.15, -0.1) is 0 Å². The fraction of sp³-hybridized carbons (Fsp3) is 0.400. The highest BCUT2D eigenvalue weighted by molar-refractivity contribution is 9.10. The maximum absolute atomic E-state index is 13.2. The van der Waals surface area contributed by atoms with Gasteiger partial charge < -0.3 is 4.74 Å². The Bertz CT molecular complexity index is 339. The highest BCUT2D eigenvalue weighted by atomic mass is 79.9. The second kappa shape index (κ2) is 4.73. The monoisotopic (exact) mass is 264 g/mol. The molecule has 0 saturated heterocycles. The topological polar surface area (TPSA) is 9.23 Å². The van der Waals surface area contributed by atoms with Gasteiger partial charge >= 0.3 is 0 Å². The Labute approximate surface area is 90.2 Å². The second-order valence-electron chi connectivity index (χ2n) is 2.96. The number of hydrogen-bond acceptors (Lipinski definition) is 1. The summed E-state index contributed by atoms with van der Waals surface area (Å²) in [6, 6.07) is 1.45. The van der Waals surface area contributed by atoms with Gasteiger partial charge in [-0.05, 0) is 19.4 Å². The first-order chi connectivity index (χ1) is 6.57. The van der Waals surface area contributed by atoms with Crippen molar-refractivity contribution >= 4 is 15.9 Å². The predicted molar refractivity (Wildman–Crippen MR) is 54.6 cm³/mol. The smallest absolute Gasteiger partial charge is 0.200 e. The third kappa shape index (κ3) is 2.23. The van der Waals surface area contributed by atoms with E-state index >= 15 is 0 Å². The Balaban J connectivity index is 3.06. The summed E-state index contributed by atoms with van der Waals surface area (Å²) in [7, 11) is 0. The van der Waals surface area contributed by atoms with Gasteiger partial charge in [0, 0.05) is 10.0 Å². The SMILES string of the molecule is CCCOc1cc(Br)c(C)c(F)c1F. The van der Waals surface area contributed by atoms with Crippen LogP contribution in [0.2, 0.25) is 0 Å². The largest absolute Gasteiger partial charge is 0.490 e. The van der Waals surface area contributed by atoms with Crippen LogP contribution in [-0.2, 0) is 0 Å². The lowest BCUT2D eigenvalue weighted by Gasteiger charge is -2.09. The van der Waals surface area contributed by atoms with Gasteiger partial charge in [0.25, 0.3) is 0 Å². The van der Waals surface area contributed by atoms with Gasteiger partial charge in [-0.1, -0.05) is 22.9 Å². The van der Waals surface area contributed by atoms with E-state index in [1.165, 1.54) is 13.0 Å². The van der Waals surface area contributed by atoms with Crippen molar-refractivity contribution in [3.05, 3.63) is 27.7 Å². The van der Waals surface area contributed by atoms with Crippen molar-refractivity contribution in [1.29, 1.82) is 0 Å². The van der Waals surface area contributed by atoms with Gasteiger partial charge in [-0.25, -0.2) is 4.39 Å². The zero-order valence-corrected chi connectivity index (χ0v) is 9.62. The number of rotatable bonds is 3. The summed E-state index contributed by atoms with van der Waals surface area (Å²) >= 11 is 3.14. The molecule has 0 aromatic heterocycles. The number of hydrogen-bond donors (Lipinski definition) is 0. The average Bonchev–Trinajstić information content (AvgIpc) is 2.18. The van der Waals surface area contributed by atoms with E-state index in [-0.39, 0.29) is 11.3 Å². The Morgan fingerprint density at radius 3 is 2.57 bits per heavy atom. The quantitative estimate of drug-likeness (QED) is 0.755. The van der Waals surface area contributed by atoms with Crippen LogP contribution in [0.25, 0.3) is 0 Å². The van der Waals surface area contributed by atoms with Crippen LogP contribution >= 0.6 is 15.9 Å². The van der Waals surface area contributed by atoms with E-state index < -0.39 is 11.6 Å². The van der Waals surface area contributed by atoms with Crippen molar-refractivity contribution in [2.45, 2.75) is 20.3 Å².